The Labute approximate surface area is 123 Å². The maximum atomic E-state index is 12.3. The number of rotatable bonds is 2. The van der Waals surface area contributed by atoms with Crippen LogP contribution in [0, 0.1) is 12.8 Å². The Kier molecular flexibility index (Phi) is 3.70. The van der Waals surface area contributed by atoms with Gasteiger partial charge in [0.15, 0.2) is 0 Å². The third kappa shape index (κ3) is 2.43. The van der Waals surface area contributed by atoms with Crippen LogP contribution in [0.25, 0.3) is 0 Å². The number of hydrogen-bond acceptors (Lipinski definition) is 4. The number of hydrogen-bond donors (Lipinski definition) is 1. The third-order valence-corrected chi connectivity index (χ3v) is 4.64. The quantitative estimate of drug-likeness (QED) is 0.871. The Balaban J connectivity index is 1.78. The monoisotopic (exact) mass is 298 g/mol. The van der Waals surface area contributed by atoms with Gasteiger partial charge in [0.1, 0.15) is 0 Å². The summed E-state index contributed by atoms with van der Waals surface area (Å²) in [4.78, 5) is 16.3. The van der Waals surface area contributed by atoms with Crippen molar-refractivity contribution in [3.8, 4) is 0 Å². The van der Waals surface area contributed by atoms with Crippen molar-refractivity contribution in [3.05, 3.63) is 16.4 Å². The lowest BCUT2D eigenvalue weighted by molar-refractivity contribution is -0.133. The molecule has 2 atom stereocenters. The van der Waals surface area contributed by atoms with Crippen LogP contribution in [0.1, 0.15) is 11.4 Å². The van der Waals surface area contributed by atoms with Crippen LogP contribution in [-0.2, 0) is 16.1 Å². The van der Waals surface area contributed by atoms with Crippen molar-refractivity contribution in [2.24, 2.45) is 5.92 Å². The first-order chi connectivity index (χ1) is 9.56. The van der Waals surface area contributed by atoms with Crippen molar-refractivity contribution < 1.29 is 9.53 Å². The fourth-order valence-corrected chi connectivity index (χ4v) is 3.04. The van der Waals surface area contributed by atoms with Crippen molar-refractivity contribution >= 4 is 17.5 Å². The van der Waals surface area contributed by atoms with E-state index in [9.17, 15) is 4.79 Å². The third-order valence-electron chi connectivity index (χ3n) is 4.14. The standard InChI is InChI=1S/C13H19ClN4O2/c1-8-12(14)11(16-15-8)5-18-3-9-6-20-7-10(4-18)17(2)13(9)19/h9-10H,3-7H2,1-2H3,(H,15,16)/t9-,10+/m1/s1. The summed E-state index contributed by atoms with van der Waals surface area (Å²) in [6, 6.07) is 0.105. The van der Waals surface area contributed by atoms with Crippen LogP contribution in [0.3, 0.4) is 0 Å². The fourth-order valence-electron chi connectivity index (χ4n) is 2.90. The Hall–Kier alpha value is -1.11. The second kappa shape index (κ2) is 5.35. The Morgan fingerprint density at radius 2 is 2.25 bits per heavy atom. The molecule has 3 rings (SSSR count). The molecule has 2 aliphatic rings. The number of aromatic nitrogens is 2. The van der Waals surface area contributed by atoms with Crippen LogP contribution in [-0.4, -0.2) is 65.3 Å². The molecular weight excluding hydrogens is 280 g/mol. The van der Waals surface area contributed by atoms with E-state index in [1.807, 2.05) is 18.9 Å². The summed E-state index contributed by atoms with van der Waals surface area (Å²) < 4.78 is 5.59. The van der Waals surface area contributed by atoms with Gasteiger partial charge in [0.05, 0.1) is 41.6 Å². The summed E-state index contributed by atoms with van der Waals surface area (Å²) in [5.74, 6) is 0.0885. The van der Waals surface area contributed by atoms with Gasteiger partial charge in [0.2, 0.25) is 5.91 Å². The van der Waals surface area contributed by atoms with E-state index in [0.29, 0.717) is 31.3 Å². The smallest absolute Gasteiger partial charge is 0.229 e. The molecule has 110 valence electrons. The molecule has 0 unspecified atom stereocenters. The minimum Gasteiger partial charge on any atom is -0.378 e. The van der Waals surface area contributed by atoms with Crippen LogP contribution in [0.5, 0.6) is 0 Å². The highest BCUT2D eigenvalue weighted by molar-refractivity contribution is 6.31. The normalized spacial score (nSPS) is 27.8. The predicted octanol–water partition coefficient (Wildman–Crippen LogP) is 0.661. The Morgan fingerprint density at radius 1 is 1.45 bits per heavy atom. The molecule has 0 aliphatic carbocycles. The summed E-state index contributed by atoms with van der Waals surface area (Å²) in [6.45, 7) is 5.16. The summed E-state index contributed by atoms with van der Waals surface area (Å²) in [5, 5.41) is 7.83. The van der Waals surface area contributed by atoms with Crippen molar-refractivity contribution in [1.29, 1.82) is 0 Å². The predicted molar refractivity (Wildman–Crippen MR) is 74.5 cm³/mol. The van der Waals surface area contributed by atoms with Crippen molar-refractivity contribution in [2.45, 2.75) is 19.5 Å². The molecule has 20 heavy (non-hydrogen) atoms. The molecule has 6 nitrogen and oxygen atoms in total. The second-order valence-corrected chi connectivity index (χ2v) is 6.02. The van der Waals surface area contributed by atoms with Gasteiger partial charge < -0.3 is 9.64 Å². The number of amides is 1. The van der Waals surface area contributed by atoms with E-state index >= 15 is 0 Å². The first kappa shape index (κ1) is 13.9. The Morgan fingerprint density at radius 3 is 2.95 bits per heavy atom. The molecule has 0 radical (unpaired) electrons. The number of nitrogens with one attached hydrogen (secondary N) is 1. The minimum absolute atomic E-state index is 0.0914. The minimum atomic E-state index is -0.0914. The summed E-state index contributed by atoms with van der Waals surface area (Å²) in [5.41, 5.74) is 1.73. The molecule has 0 aromatic carbocycles. The van der Waals surface area contributed by atoms with E-state index in [1.165, 1.54) is 0 Å². The first-order valence-corrected chi connectivity index (χ1v) is 7.20. The maximum Gasteiger partial charge on any atom is 0.229 e. The lowest BCUT2D eigenvalue weighted by Crippen LogP contribution is -2.42. The molecule has 1 amide bonds. The second-order valence-electron chi connectivity index (χ2n) is 5.64. The highest BCUT2D eigenvalue weighted by Crippen LogP contribution is 2.23. The van der Waals surface area contributed by atoms with E-state index in [0.717, 1.165) is 17.9 Å². The number of ether oxygens (including phenoxy) is 1. The number of carbonyl (C=O) groups is 1. The van der Waals surface area contributed by atoms with E-state index in [-0.39, 0.29) is 17.9 Å². The average Bonchev–Trinajstić information content (AvgIpc) is 2.58. The fraction of sp³-hybridized carbons (Fsp3) is 0.692. The lowest BCUT2D eigenvalue weighted by Gasteiger charge is -2.28. The molecule has 2 aliphatic heterocycles. The molecule has 1 aromatic heterocycles. The average molecular weight is 299 g/mol. The topological polar surface area (TPSA) is 61.5 Å². The maximum absolute atomic E-state index is 12.3. The van der Waals surface area contributed by atoms with Gasteiger partial charge in [-0.05, 0) is 6.92 Å². The number of aryl methyl sites for hydroxylation is 1. The van der Waals surface area contributed by atoms with Gasteiger partial charge in [0.25, 0.3) is 0 Å². The molecule has 0 saturated carbocycles. The zero-order chi connectivity index (χ0) is 14.3. The Bertz CT molecular complexity index is 518. The van der Waals surface area contributed by atoms with Crippen LogP contribution in [0.2, 0.25) is 5.02 Å². The number of H-pyrrole nitrogens is 1. The first-order valence-electron chi connectivity index (χ1n) is 6.82. The van der Waals surface area contributed by atoms with Gasteiger partial charge >= 0.3 is 0 Å². The molecule has 2 bridgehead atoms. The lowest BCUT2D eigenvalue weighted by atomic mass is 10.1. The number of aromatic amines is 1. The van der Waals surface area contributed by atoms with Gasteiger partial charge in [-0.25, -0.2) is 0 Å². The molecule has 7 heteroatoms. The van der Waals surface area contributed by atoms with Crippen LogP contribution >= 0.6 is 11.6 Å². The van der Waals surface area contributed by atoms with Crippen molar-refractivity contribution in [3.63, 3.8) is 0 Å². The number of halogens is 1. The largest absolute Gasteiger partial charge is 0.378 e. The van der Waals surface area contributed by atoms with Crippen molar-refractivity contribution in [1.82, 2.24) is 20.0 Å². The molecule has 1 aromatic rings. The number of likely N-dealkylation sites (N-methyl/N-ethyl adjacent to an activating group) is 1. The molecular formula is C13H19ClN4O2. The highest BCUT2D eigenvalue weighted by Gasteiger charge is 2.37. The zero-order valence-corrected chi connectivity index (χ0v) is 12.5. The van der Waals surface area contributed by atoms with Gasteiger partial charge in [-0.2, -0.15) is 5.10 Å². The zero-order valence-electron chi connectivity index (χ0n) is 11.7. The molecule has 0 spiro atoms. The van der Waals surface area contributed by atoms with E-state index in [1.54, 1.807) is 0 Å². The van der Waals surface area contributed by atoms with Gasteiger partial charge in [0, 0.05) is 26.7 Å². The van der Waals surface area contributed by atoms with Crippen LogP contribution < -0.4 is 0 Å². The van der Waals surface area contributed by atoms with Gasteiger partial charge in [-0.3, -0.25) is 14.8 Å². The van der Waals surface area contributed by atoms with Crippen LogP contribution in [0.4, 0.5) is 0 Å². The highest BCUT2D eigenvalue weighted by atomic mass is 35.5. The van der Waals surface area contributed by atoms with E-state index < -0.39 is 0 Å². The molecule has 1 N–H and O–H groups in total. The van der Waals surface area contributed by atoms with Gasteiger partial charge in [-0.15, -0.1) is 0 Å². The SMILES string of the molecule is Cc1[nH]nc(CN2C[C@@H]3COC[C@H](C2)N(C)C3=O)c1Cl. The molecule has 2 saturated heterocycles. The van der Waals surface area contributed by atoms with Crippen molar-refractivity contribution in [2.75, 3.05) is 33.4 Å². The number of nitrogens with zero attached hydrogens (tertiary/aromatic N) is 3. The van der Waals surface area contributed by atoms with Gasteiger partial charge in [-0.1, -0.05) is 11.6 Å². The number of fused-ring (bicyclic) bond motifs is 3. The molecule has 3 heterocycles. The summed E-state index contributed by atoms with van der Waals surface area (Å²) in [7, 11) is 1.86. The number of carbonyl (C=O) groups excluding carboxylic acids is 1. The summed E-state index contributed by atoms with van der Waals surface area (Å²) >= 11 is 6.22. The van der Waals surface area contributed by atoms with Crippen LogP contribution in [0.15, 0.2) is 0 Å². The molecule has 2 fully saturated rings. The summed E-state index contributed by atoms with van der Waals surface area (Å²) in [6.07, 6.45) is 0. The van der Waals surface area contributed by atoms with E-state index in [4.69, 9.17) is 16.3 Å². The van der Waals surface area contributed by atoms with E-state index in [2.05, 4.69) is 15.1 Å².